The van der Waals surface area contributed by atoms with Crippen molar-refractivity contribution >= 4 is 0 Å². The summed E-state index contributed by atoms with van der Waals surface area (Å²) in [5, 5.41) is 0. The summed E-state index contributed by atoms with van der Waals surface area (Å²) in [4.78, 5) is 26.3. The fourth-order valence-corrected chi connectivity index (χ4v) is 10.4. The van der Waals surface area contributed by atoms with Crippen molar-refractivity contribution in [2.75, 3.05) is 0 Å². The van der Waals surface area contributed by atoms with Gasteiger partial charge in [0, 0.05) is 74.4 Å². The lowest BCUT2D eigenvalue weighted by Crippen LogP contribution is -2.20. The second-order valence-corrected chi connectivity index (χ2v) is 17.8. The van der Waals surface area contributed by atoms with Gasteiger partial charge in [-0.15, -0.1) is 0 Å². The zero-order chi connectivity index (χ0) is 43.6. The van der Waals surface area contributed by atoms with Crippen molar-refractivity contribution in [2.24, 2.45) is 11.8 Å². The third-order valence-corrected chi connectivity index (χ3v) is 14.1. The molecule has 1 aromatic carbocycles. The minimum Gasteiger partial charge on any atom is -0.265 e. The highest BCUT2D eigenvalue weighted by atomic mass is 14.6. The van der Waals surface area contributed by atoms with E-state index in [1.165, 1.54) is 44.5 Å². The summed E-state index contributed by atoms with van der Waals surface area (Å²) in [5.41, 5.74) is 11.1. The van der Waals surface area contributed by atoms with Gasteiger partial charge in [-0.25, -0.2) is 0 Å². The Morgan fingerprint density at radius 2 is 0.619 bits per heavy atom. The van der Waals surface area contributed by atoms with E-state index in [1.807, 2.05) is 74.4 Å². The van der Waals surface area contributed by atoms with E-state index in [2.05, 4.69) is 155 Å². The van der Waals surface area contributed by atoms with Crippen LogP contribution in [0.2, 0.25) is 0 Å². The van der Waals surface area contributed by atoms with Crippen LogP contribution in [-0.2, 0) is 12.8 Å². The zero-order valence-corrected chi connectivity index (χ0v) is 37.8. The summed E-state index contributed by atoms with van der Waals surface area (Å²) in [6.07, 6.45) is 33.1. The Labute approximate surface area is 377 Å². The smallest absolute Gasteiger partial charge is 0.0270 e. The molecule has 8 atom stereocenters. The molecule has 0 aliphatic rings. The van der Waals surface area contributed by atoms with Gasteiger partial charge >= 0.3 is 0 Å². The molecule has 63 heavy (non-hydrogen) atoms. The van der Waals surface area contributed by atoms with E-state index in [1.54, 1.807) is 0 Å². The van der Waals surface area contributed by atoms with Crippen molar-refractivity contribution in [1.29, 1.82) is 0 Å². The second kappa shape index (κ2) is 23.5. The first-order valence-electron chi connectivity index (χ1n) is 23.5. The van der Waals surface area contributed by atoms with Gasteiger partial charge < -0.3 is 0 Å². The van der Waals surface area contributed by atoms with Crippen LogP contribution in [-0.4, -0.2) is 29.9 Å². The average Bonchev–Trinajstić information content (AvgIpc) is 3.36. The van der Waals surface area contributed by atoms with Crippen molar-refractivity contribution in [3.63, 3.8) is 0 Å². The van der Waals surface area contributed by atoms with Crippen molar-refractivity contribution in [1.82, 2.24) is 29.9 Å². The van der Waals surface area contributed by atoms with Crippen LogP contribution < -0.4 is 0 Å². The molecule has 8 unspecified atom stereocenters. The van der Waals surface area contributed by atoms with Crippen LogP contribution in [0, 0.1) is 11.8 Å². The van der Waals surface area contributed by atoms with Crippen LogP contribution in [0.5, 0.6) is 0 Å². The molecule has 0 amide bonds. The maximum Gasteiger partial charge on any atom is 0.0270 e. The highest BCUT2D eigenvalue weighted by molar-refractivity contribution is 5.29. The van der Waals surface area contributed by atoms with E-state index in [-0.39, 0.29) is 0 Å². The Kier molecular flexibility index (Phi) is 16.9. The first-order chi connectivity index (χ1) is 31.0. The largest absolute Gasteiger partial charge is 0.265 e. The molecule has 0 aliphatic carbocycles. The predicted molar refractivity (Wildman–Crippen MR) is 258 cm³/mol. The summed E-state index contributed by atoms with van der Waals surface area (Å²) in [5.74, 6) is 3.34. The third-order valence-electron chi connectivity index (χ3n) is 14.1. The van der Waals surface area contributed by atoms with Crippen molar-refractivity contribution < 1.29 is 0 Å². The quantitative estimate of drug-likeness (QED) is 0.0639. The van der Waals surface area contributed by atoms with E-state index >= 15 is 0 Å². The highest BCUT2D eigenvalue weighted by Gasteiger charge is 2.30. The third kappa shape index (κ3) is 12.6. The topological polar surface area (TPSA) is 77.3 Å². The number of benzene rings is 1. The number of nitrogens with zero attached hydrogens (tertiary/aromatic N) is 6. The molecule has 6 heterocycles. The van der Waals surface area contributed by atoms with Crippen LogP contribution in [0.4, 0.5) is 0 Å². The Morgan fingerprint density at radius 1 is 0.317 bits per heavy atom. The summed E-state index contributed by atoms with van der Waals surface area (Å²) in [7, 11) is 0. The average molecular weight is 835 g/mol. The Balaban J connectivity index is 1.11. The Morgan fingerprint density at radius 3 is 0.952 bits per heavy atom. The highest BCUT2D eigenvalue weighted by Crippen LogP contribution is 2.44. The molecule has 6 nitrogen and oxygen atoms in total. The molecule has 0 radical (unpaired) electrons. The minimum absolute atomic E-state index is 0.380. The van der Waals surface area contributed by atoms with Crippen LogP contribution in [0.15, 0.2) is 171 Å². The minimum atomic E-state index is 0.380. The predicted octanol–water partition coefficient (Wildman–Crippen LogP) is 13.9. The van der Waals surface area contributed by atoms with Gasteiger partial charge in [-0.2, -0.15) is 0 Å². The van der Waals surface area contributed by atoms with Gasteiger partial charge in [0.25, 0.3) is 0 Å². The lowest BCUT2D eigenvalue weighted by Gasteiger charge is -2.33. The number of aromatic nitrogens is 6. The SMILES string of the molecule is CCC(CC(CC(c1ccncc1)C(CC)Cc1ccc(CC(CC)C(CC(CC(C)c2ccncc2)c2ccncc2)c2ccncc2)cc1)c1ccncc1)c1ccncc1. The van der Waals surface area contributed by atoms with Gasteiger partial charge in [0.15, 0.2) is 0 Å². The molecule has 0 saturated heterocycles. The van der Waals surface area contributed by atoms with Gasteiger partial charge in [-0.1, -0.05) is 64.8 Å². The summed E-state index contributed by atoms with van der Waals surface area (Å²) < 4.78 is 0. The number of hydrogen-bond donors (Lipinski definition) is 0. The van der Waals surface area contributed by atoms with E-state index in [0.29, 0.717) is 47.3 Å². The van der Waals surface area contributed by atoms with Gasteiger partial charge in [0.2, 0.25) is 0 Å². The molecule has 0 fully saturated rings. The fourth-order valence-electron chi connectivity index (χ4n) is 10.4. The molecule has 0 bridgehead atoms. The molecular formula is C57H66N6. The van der Waals surface area contributed by atoms with E-state index in [9.17, 15) is 0 Å². The first-order valence-corrected chi connectivity index (χ1v) is 23.5. The van der Waals surface area contributed by atoms with Gasteiger partial charge in [-0.05, 0) is 210 Å². The van der Waals surface area contributed by atoms with Gasteiger partial charge in [0.1, 0.15) is 0 Å². The number of pyridine rings is 6. The Bertz CT molecular complexity index is 2290. The van der Waals surface area contributed by atoms with Gasteiger partial charge in [0.05, 0.1) is 0 Å². The monoisotopic (exact) mass is 835 g/mol. The second-order valence-electron chi connectivity index (χ2n) is 17.8. The number of hydrogen-bond acceptors (Lipinski definition) is 6. The van der Waals surface area contributed by atoms with Crippen LogP contribution in [0.25, 0.3) is 0 Å². The molecule has 7 rings (SSSR count). The zero-order valence-electron chi connectivity index (χ0n) is 37.8. The summed E-state index contributed by atoms with van der Waals surface area (Å²) >= 11 is 0. The van der Waals surface area contributed by atoms with Crippen LogP contribution in [0.1, 0.15) is 153 Å². The summed E-state index contributed by atoms with van der Waals surface area (Å²) in [6, 6.07) is 36.3. The lowest BCUT2D eigenvalue weighted by atomic mass is 9.72. The van der Waals surface area contributed by atoms with E-state index in [4.69, 9.17) is 0 Å². The molecule has 6 aromatic heterocycles. The molecule has 324 valence electrons. The van der Waals surface area contributed by atoms with Crippen LogP contribution in [0.3, 0.4) is 0 Å². The molecule has 0 saturated carbocycles. The van der Waals surface area contributed by atoms with Crippen molar-refractivity contribution in [3.05, 3.63) is 216 Å². The van der Waals surface area contributed by atoms with E-state index < -0.39 is 0 Å². The van der Waals surface area contributed by atoms with E-state index in [0.717, 1.165) is 57.8 Å². The molecular weight excluding hydrogens is 769 g/mol. The number of rotatable bonds is 23. The fraction of sp³-hybridized carbons (Fsp3) is 0.368. The maximum absolute atomic E-state index is 4.44. The van der Waals surface area contributed by atoms with Crippen molar-refractivity contribution in [3.8, 4) is 0 Å². The Hall–Kier alpha value is -5.88. The van der Waals surface area contributed by atoms with Crippen molar-refractivity contribution in [2.45, 2.75) is 121 Å². The standard InChI is InChI=1S/C57H66N6/c1-5-45(49-14-26-59-27-15-49)39-55(51-18-30-61-31-19-51)41-57(53-22-34-63-35-23-53)47(7-3)38-44-10-8-43(9-11-44)37-46(6-2)56(52-20-32-62-33-21-52)40-54(50-16-28-60-29-17-50)36-42(4)48-12-24-58-25-13-48/h8-35,42,45-47,54-57H,5-7,36-41H2,1-4H3. The maximum atomic E-state index is 4.44. The molecule has 6 heteroatoms. The molecule has 0 N–H and O–H groups in total. The molecule has 0 spiro atoms. The lowest BCUT2D eigenvalue weighted by molar-refractivity contribution is 0.347. The normalized spacial score (nSPS) is 15.4. The molecule has 7 aromatic rings. The van der Waals surface area contributed by atoms with Crippen LogP contribution >= 0.6 is 0 Å². The first kappa shape index (κ1) is 45.2. The van der Waals surface area contributed by atoms with Gasteiger partial charge in [-0.3, -0.25) is 29.9 Å². The molecule has 0 aliphatic heterocycles. The summed E-state index contributed by atoms with van der Waals surface area (Å²) in [6.45, 7) is 9.43.